The minimum atomic E-state index is -1.85. The number of carboxylic acid groups (broad SMARTS) is 1. The average Bonchev–Trinajstić information content (AvgIpc) is 2.58. The van der Waals surface area contributed by atoms with Gasteiger partial charge in [0.25, 0.3) is 0 Å². The molecular weight excluding hydrogens is 363 g/mol. The topological polar surface area (TPSA) is 177 Å². The van der Waals surface area contributed by atoms with Crippen molar-refractivity contribution in [3.8, 4) is 0 Å². The first-order valence-electron chi connectivity index (χ1n) is 8.72. The number of nitrogens with two attached hydrogens (primary N) is 2. The molecule has 8 N–H and O–H groups in total. The number of hydrogen-bond donors (Lipinski definition) is 6. The van der Waals surface area contributed by atoms with Crippen LogP contribution in [0.5, 0.6) is 0 Å². The monoisotopic (exact) mass is 394 g/mol. The zero-order valence-electron chi connectivity index (χ0n) is 15.0. The van der Waals surface area contributed by atoms with Crippen LogP contribution in [0.25, 0.3) is 0 Å². The molecule has 11 heteroatoms. The standard InChI is InChI=1S/C15H31N4O6P/c16-9-3-1-2-6-14(21)19-12(15(22)23)7-8-13(20)18-10-4-5-11-25-26(17)24/h12,24H,1-11,16-17H2,(H,18,20)(H,19,21)(H,22,23). The van der Waals surface area contributed by atoms with E-state index in [2.05, 4.69) is 10.6 Å². The highest BCUT2D eigenvalue weighted by atomic mass is 31.2. The lowest BCUT2D eigenvalue weighted by Gasteiger charge is -2.14. The molecule has 152 valence electrons. The molecule has 0 bridgehead atoms. The highest BCUT2D eigenvalue weighted by molar-refractivity contribution is 7.43. The minimum absolute atomic E-state index is 0.00562. The number of unbranched alkanes of at least 4 members (excludes halogenated alkanes) is 3. The van der Waals surface area contributed by atoms with Crippen molar-refractivity contribution >= 4 is 26.3 Å². The summed E-state index contributed by atoms with van der Waals surface area (Å²) < 4.78 is 4.81. The fraction of sp³-hybridized carbons (Fsp3) is 0.800. The summed E-state index contributed by atoms with van der Waals surface area (Å²) in [6, 6.07) is -1.08. The molecule has 10 nitrogen and oxygen atoms in total. The van der Waals surface area contributed by atoms with Crippen molar-refractivity contribution in [2.75, 3.05) is 19.7 Å². The van der Waals surface area contributed by atoms with E-state index in [0.29, 0.717) is 39.0 Å². The number of rotatable bonds is 16. The van der Waals surface area contributed by atoms with Crippen LogP contribution >= 0.6 is 8.53 Å². The molecule has 0 aromatic heterocycles. The maximum Gasteiger partial charge on any atom is 0.326 e. The second-order valence-corrected chi connectivity index (χ2v) is 6.65. The zero-order chi connectivity index (χ0) is 19.8. The van der Waals surface area contributed by atoms with Crippen LogP contribution in [0.2, 0.25) is 0 Å². The average molecular weight is 394 g/mol. The Kier molecular flexibility index (Phi) is 15.1. The fourth-order valence-corrected chi connectivity index (χ4v) is 2.42. The van der Waals surface area contributed by atoms with Crippen LogP contribution in [0.15, 0.2) is 0 Å². The second kappa shape index (κ2) is 15.9. The Morgan fingerprint density at radius 1 is 1.04 bits per heavy atom. The van der Waals surface area contributed by atoms with E-state index in [1.54, 1.807) is 0 Å². The summed E-state index contributed by atoms with van der Waals surface area (Å²) >= 11 is 0. The van der Waals surface area contributed by atoms with Gasteiger partial charge < -0.3 is 30.9 Å². The molecule has 2 atom stereocenters. The highest BCUT2D eigenvalue weighted by Crippen LogP contribution is 2.19. The Morgan fingerprint density at radius 3 is 2.38 bits per heavy atom. The van der Waals surface area contributed by atoms with Crippen LogP contribution in [0.3, 0.4) is 0 Å². The summed E-state index contributed by atoms with van der Waals surface area (Å²) in [7, 11) is -1.85. The lowest BCUT2D eigenvalue weighted by molar-refractivity contribution is -0.142. The Morgan fingerprint density at radius 2 is 1.77 bits per heavy atom. The van der Waals surface area contributed by atoms with E-state index in [-0.39, 0.29) is 31.1 Å². The van der Waals surface area contributed by atoms with Gasteiger partial charge in [-0.3, -0.25) is 15.1 Å². The van der Waals surface area contributed by atoms with Crippen molar-refractivity contribution in [2.45, 2.75) is 57.4 Å². The number of hydrogen-bond acceptors (Lipinski definition) is 7. The maximum atomic E-state index is 11.7. The molecule has 0 heterocycles. The maximum absolute atomic E-state index is 11.7. The summed E-state index contributed by atoms with van der Waals surface area (Å²) in [4.78, 5) is 43.4. The molecule has 0 saturated carbocycles. The first-order valence-corrected chi connectivity index (χ1v) is 10.0. The third-order valence-electron chi connectivity index (χ3n) is 3.52. The fourth-order valence-electron chi connectivity index (χ4n) is 2.11. The van der Waals surface area contributed by atoms with E-state index in [1.165, 1.54) is 0 Å². The van der Waals surface area contributed by atoms with E-state index in [9.17, 15) is 14.4 Å². The van der Waals surface area contributed by atoms with Gasteiger partial charge in [0, 0.05) is 19.4 Å². The van der Waals surface area contributed by atoms with Gasteiger partial charge in [-0.1, -0.05) is 6.42 Å². The number of aliphatic carboxylic acids is 1. The van der Waals surface area contributed by atoms with Crippen molar-refractivity contribution in [3.05, 3.63) is 0 Å². The molecule has 0 aromatic carbocycles. The molecule has 0 aliphatic heterocycles. The van der Waals surface area contributed by atoms with Gasteiger partial charge in [-0.05, 0) is 38.6 Å². The summed E-state index contributed by atoms with van der Waals surface area (Å²) in [5, 5.41) is 14.3. The van der Waals surface area contributed by atoms with Gasteiger partial charge in [0.2, 0.25) is 20.3 Å². The van der Waals surface area contributed by atoms with E-state index in [0.717, 1.165) is 12.8 Å². The predicted molar refractivity (Wildman–Crippen MR) is 97.8 cm³/mol. The van der Waals surface area contributed by atoms with E-state index >= 15 is 0 Å². The summed E-state index contributed by atoms with van der Waals surface area (Å²) in [6.45, 7) is 1.30. The molecule has 26 heavy (non-hydrogen) atoms. The van der Waals surface area contributed by atoms with Crippen LogP contribution in [-0.2, 0) is 18.9 Å². The lowest BCUT2D eigenvalue weighted by Crippen LogP contribution is -2.41. The molecular formula is C15H31N4O6P. The molecule has 0 aromatic rings. The van der Waals surface area contributed by atoms with Crippen molar-refractivity contribution in [3.63, 3.8) is 0 Å². The molecule has 0 saturated heterocycles. The molecule has 2 unspecified atom stereocenters. The first kappa shape index (κ1) is 24.7. The van der Waals surface area contributed by atoms with Gasteiger partial charge in [0.15, 0.2) is 0 Å². The van der Waals surface area contributed by atoms with Crippen LogP contribution in [-0.4, -0.2) is 53.5 Å². The quantitative estimate of drug-likeness (QED) is 0.156. The van der Waals surface area contributed by atoms with Gasteiger partial charge in [-0.2, -0.15) is 0 Å². The van der Waals surface area contributed by atoms with Gasteiger partial charge in [-0.15, -0.1) is 0 Å². The van der Waals surface area contributed by atoms with Gasteiger partial charge in [0.1, 0.15) is 6.04 Å². The number of carbonyl (C=O) groups is 3. The zero-order valence-corrected chi connectivity index (χ0v) is 15.9. The highest BCUT2D eigenvalue weighted by Gasteiger charge is 2.20. The summed E-state index contributed by atoms with van der Waals surface area (Å²) in [6.07, 6.45) is 3.87. The lowest BCUT2D eigenvalue weighted by atomic mass is 10.1. The third kappa shape index (κ3) is 15.0. The molecule has 0 spiro atoms. The smallest absolute Gasteiger partial charge is 0.326 e. The van der Waals surface area contributed by atoms with Crippen LogP contribution in [0.1, 0.15) is 51.4 Å². The minimum Gasteiger partial charge on any atom is -0.480 e. The largest absolute Gasteiger partial charge is 0.480 e. The van der Waals surface area contributed by atoms with Crippen LogP contribution in [0, 0.1) is 0 Å². The Hall–Kier alpha value is -1.32. The molecule has 0 fully saturated rings. The molecule has 0 rings (SSSR count). The van der Waals surface area contributed by atoms with Crippen molar-refractivity contribution < 1.29 is 28.9 Å². The first-order chi connectivity index (χ1) is 12.4. The van der Waals surface area contributed by atoms with E-state index in [1.807, 2.05) is 0 Å². The number of nitrogens with one attached hydrogen (secondary N) is 2. The molecule has 0 radical (unpaired) electrons. The van der Waals surface area contributed by atoms with Crippen molar-refractivity contribution in [2.24, 2.45) is 11.2 Å². The second-order valence-electron chi connectivity index (χ2n) is 5.79. The summed E-state index contributed by atoms with van der Waals surface area (Å²) in [5.74, 6) is -1.77. The summed E-state index contributed by atoms with van der Waals surface area (Å²) in [5.41, 5.74) is 10.4. The van der Waals surface area contributed by atoms with Crippen LogP contribution in [0.4, 0.5) is 0 Å². The predicted octanol–water partition coefficient (Wildman–Crippen LogP) is -0.0540. The molecule has 0 aliphatic rings. The van der Waals surface area contributed by atoms with Crippen LogP contribution < -0.4 is 21.9 Å². The molecule has 2 amide bonds. The Bertz CT molecular complexity index is 425. The van der Waals surface area contributed by atoms with Gasteiger partial charge in [0.05, 0.1) is 6.61 Å². The van der Waals surface area contributed by atoms with Gasteiger partial charge in [-0.25, -0.2) is 4.79 Å². The Balaban J connectivity index is 3.92. The van der Waals surface area contributed by atoms with Crippen molar-refractivity contribution in [1.29, 1.82) is 0 Å². The van der Waals surface area contributed by atoms with E-state index < -0.39 is 20.5 Å². The van der Waals surface area contributed by atoms with E-state index in [4.69, 9.17) is 25.8 Å². The SMILES string of the molecule is NCCCCCC(=O)NC(CCC(=O)NCCCCOP(N)O)C(=O)O. The number of carbonyl (C=O) groups excluding carboxylic acids is 2. The Labute approximate surface area is 155 Å². The normalized spacial score (nSPS) is 13.0. The molecule has 0 aliphatic carbocycles. The van der Waals surface area contributed by atoms with Crippen molar-refractivity contribution in [1.82, 2.24) is 10.6 Å². The number of carboxylic acids is 1. The third-order valence-corrected chi connectivity index (χ3v) is 3.97. The number of amides is 2. The van der Waals surface area contributed by atoms with Gasteiger partial charge >= 0.3 is 5.97 Å².